The van der Waals surface area contributed by atoms with Crippen LogP contribution in [0.3, 0.4) is 0 Å². The maximum absolute atomic E-state index is 12.0. The highest BCUT2D eigenvalue weighted by atomic mass is 32.2. The molecule has 2 rings (SSSR count). The van der Waals surface area contributed by atoms with Gasteiger partial charge in [0, 0.05) is 12.3 Å². The van der Waals surface area contributed by atoms with Gasteiger partial charge in [-0.2, -0.15) is 17.0 Å². The average Bonchev–Trinajstić information content (AvgIpc) is 3.16. The summed E-state index contributed by atoms with van der Waals surface area (Å²) in [5, 5.41) is 12.1. The summed E-state index contributed by atoms with van der Waals surface area (Å²) < 4.78 is 0. The largest absolute Gasteiger partial charge is 0.337 e. The predicted octanol–water partition coefficient (Wildman–Crippen LogP) is 1.23. The van der Waals surface area contributed by atoms with Crippen molar-refractivity contribution in [2.45, 2.75) is 31.7 Å². The van der Waals surface area contributed by atoms with E-state index in [9.17, 15) is 10.1 Å². The Morgan fingerprint density at radius 2 is 2.28 bits per heavy atom. The van der Waals surface area contributed by atoms with E-state index in [-0.39, 0.29) is 5.91 Å². The molecule has 0 radical (unpaired) electrons. The fourth-order valence-electron chi connectivity index (χ4n) is 2.37. The molecule has 5 heteroatoms. The molecule has 0 aromatic heterocycles. The van der Waals surface area contributed by atoms with Gasteiger partial charge in [0.1, 0.15) is 5.54 Å². The van der Waals surface area contributed by atoms with E-state index in [1.807, 2.05) is 18.7 Å². The molecular formula is C13H21N3OS. The molecule has 1 amide bonds. The molecule has 2 fully saturated rings. The van der Waals surface area contributed by atoms with Gasteiger partial charge in [-0.25, -0.2) is 0 Å². The molecule has 0 unspecified atom stereocenters. The van der Waals surface area contributed by atoms with Crippen LogP contribution in [0.1, 0.15) is 26.2 Å². The zero-order valence-electron chi connectivity index (χ0n) is 10.9. The molecule has 1 heterocycles. The molecule has 1 N–H and O–H groups in total. The normalized spacial score (nSPS) is 24.7. The average molecular weight is 267 g/mol. The van der Waals surface area contributed by atoms with Gasteiger partial charge in [0.05, 0.1) is 12.6 Å². The first-order valence-corrected chi connectivity index (χ1v) is 7.82. The molecule has 0 aromatic carbocycles. The van der Waals surface area contributed by atoms with Gasteiger partial charge in [-0.3, -0.25) is 9.69 Å². The summed E-state index contributed by atoms with van der Waals surface area (Å²) in [6, 6.07) is 2.27. The van der Waals surface area contributed by atoms with Crippen LogP contribution >= 0.6 is 11.8 Å². The van der Waals surface area contributed by atoms with E-state index in [4.69, 9.17) is 0 Å². The van der Waals surface area contributed by atoms with E-state index in [0.717, 1.165) is 38.1 Å². The van der Waals surface area contributed by atoms with E-state index in [2.05, 4.69) is 16.3 Å². The number of carbonyl (C=O) groups excluding carboxylic acids is 1. The minimum absolute atomic E-state index is 0.00199. The minimum atomic E-state index is -0.655. The molecule has 1 aliphatic heterocycles. The van der Waals surface area contributed by atoms with Crippen LogP contribution in [0.25, 0.3) is 0 Å². The summed E-state index contributed by atoms with van der Waals surface area (Å²) in [6.45, 7) is 4.25. The van der Waals surface area contributed by atoms with Crippen LogP contribution in [0.5, 0.6) is 0 Å². The number of nitrogens with zero attached hydrogens (tertiary/aromatic N) is 2. The van der Waals surface area contributed by atoms with Crippen molar-refractivity contribution in [3.8, 4) is 6.07 Å². The van der Waals surface area contributed by atoms with E-state index in [1.54, 1.807) is 0 Å². The Morgan fingerprint density at radius 3 is 2.94 bits per heavy atom. The third-order valence-corrected chi connectivity index (χ3v) is 4.76. The summed E-state index contributed by atoms with van der Waals surface area (Å²) in [4.78, 5) is 14.2. The Morgan fingerprint density at radius 1 is 1.50 bits per heavy atom. The summed E-state index contributed by atoms with van der Waals surface area (Å²) in [5.41, 5.74) is -0.655. The molecule has 2 aliphatic rings. The van der Waals surface area contributed by atoms with Crippen molar-refractivity contribution in [3.63, 3.8) is 0 Å². The second-order valence-electron chi connectivity index (χ2n) is 5.38. The third kappa shape index (κ3) is 3.63. The van der Waals surface area contributed by atoms with Crippen molar-refractivity contribution in [3.05, 3.63) is 0 Å². The highest BCUT2D eigenvalue weighted by molar-refractivity contribution is 7.99. The molecule has 100 valence electrons. The summed E-state index contributed by atoms with van der Waals surface area (Å²) in [7, 11) is 0. The lowest BCUT2D eigenvalue weighted by molar-refractivity contribution is -0.123. The lowest BCUT2D eigenvalue weighted by atomic mass is 9.98. The Hall–Kier alpha value is -0.730. The van der Waals surface area contributed by atoms with E-state index in [1.165, 1.54) is 5.75 Å². The van der Waals surface area contributed by atoms with Crippen molar-refractivity contribution in [1.82, 2.24) is 10.2 Å². The van der Waals surface area contributed by atoms with Gasteiger partial charge in [0.25, 0.3) is 0 Å². The fraction of sp³-hybridized carbons (Fsp3) is 0.846. The Labute approximate surface area is 113 Å². The standard InChI is InChI=1S/C13H21N3OS/c1-13(10-14,11-3-4-11)15-12(17)9-16-5-2-7-18-8-6-16/h11H,2-9H2,1H3,(H,15,17)/t13-/m1/s1. The number of rotatable bonds is 4. The fourth-order valence-corrected chi connectivity index (χ4v) is 3.29. The van der Waals surface area contributed by atoms with Gasteiger partial charge in [0.2, 0.25) is 5.91 Å². The van der Waals surface area contributed by atoms with Crippen molar-refractivity contribution in [2.24, 2.45) is 5.92 Å². The highest BCUT2D eigenvalue weighted by Gasteiger charge is 2.43. The van der Waals surface area contributed by atoms with Crippen LogP contribution in [0.15, 0.2) is 0 Å². The number of nitriles is 1. The van der Waals surface area contributed by atoms with Crippen LogP contribution < -0.4 is 5.32 Å². The molecule has 1 saturated heterocycles. The molecule has 0 bridgehead atoms. The molecule has 1 atom stereocenters. The van der Waals surface area contributed by atoms with Gasteiger partial charge in [-0.05, 0) is 44.4 Å². The molecule has 18 heavy (non-hydrogen) atoms. The monoisotopic (exact) mass is 267 g/mol. The Balaban J connectivity index is 1.82. The number of thioether (sulfide) groups is 1. The first kappa shape index (κ1) is 13.7. The third-order valence-electron chi connectivity index (χ3n) is 3.71. The van der Waals surface area contributed by atoms with Crippen LogP contribution in [0.4, 0.5) is 0 Å². The number of amides is 1. The quantitative estimate of drug-likeness (QED) is 0.832. The van der Waals surface area contributed by atoms with Crippen LogP contribution in [0, 0.1) is 17.2 Å². The van der Waals surface area contributed by atoms with Crippen LogP contribution in [-0.2, 0) is 4.79 Å². The van der Waals surface area contributed by atoms with Crippen molar-refractivity contribution >= 4 is 17.7 Å². The first-order valence-electron chi connectivity index (χ1n) is 6.66. The highest BCUT2D eigenvalue weighted by Crippen LogP contribution is 2.39. The molecule has 0 spiro atoms. The van der Waals surface area contributed by atoms with E-state index >= 15 is 0 Å². The van der Waals surface area contributed by atoms with Gasteiger partial charge >= 0.3 is 0 Å². The zero-order valence-corrected chi connectivity index (χ0v) is 11.8. The molecule has 4 nitrogen and oxygen atoms in total. The van der Waals surface area contributed by atoms with Crippen molar-refractivity contribution < 1.29 is 4.79 Å². The SMILES string of the molecule is C[C@](C#N)(NC(=O)CN1CCCSCC1)C1CC1. The Bertz CT molecular complexity index is 343. The number of carbonyl (C=O) groups is 1. The maximum Gasteiger partial charge on any atom is 0.235 e. The molecule has 1 saturated carbocycles. The minimum Gasteiger partial charge on any atom is -0.337 e. The predicted molar refractivity (Wildman–Crippen MR) is 73.3 cm³/mol. The maximum atomic E-state index is 12.0. The smallest absolute Gasteiger partial charge is 0.235 e. The zero-order chi connectivity index (χ0) is 13.0. The lowest BCUT2D eigenvalue weighted by Crippen LogP contribution is -2.50. The number of nitrogens with one attached hydrogen (secondary N) is 1. The van der Waals surface area contributed by atoms with E-state index in [0.29, 0.717) is 12.5 Å². The second-order valence-corrected chi connectivity index (χ2v) is 6.60. The van der Waals surface area contributed by atoms with Gasteiger partial charge in [-0.15, -0.1) is 0 Å². The van der Waals surface area contributed by atoms with Crippen molar-refractivity contribution in [2.75, 3.05) is 31.1 Å². The van der Waals surface area contributed by atoms with E-state index < -0.39 is 5.54 Å². The topological polar surface area (TPSA) is 56.1 Å². The first-order chi connectivity index (χ1) is 8.64. The molecular weight excluding hydrogens is 246 g/mol. The summed E-state index contributed by atoms with van der Waals surface area (Å²) >= 11 is 1.95. The molecule has 0 aromatic rings. The summed E-state index contributed by atoms with van der Waals surface area (Å²) in [5.74, 6) is 2.64. The Kier molecular flexibility index (Phi) is 4.52. The summed E-state index contributed by atoms with van der Waals surface area (Å²) in [6.07, 6.45) is 3.27. The second kappa shape index (κ2) is 5.94. The number of hydrogen-bond donors (Lipinski definition) is 1. The molecule has 1 aliphatic carbocycles. The van der Waals surface area contributed by atoms with Gasteiger partial charge in [0.15, 0.2) is 0 Å². The van der Waals surface area contributed by atoms with Crippen LogP contribution in [-0.4, -0.2) is 47.5 Å². The lowest BCUT2D eigenvalue weighted by Gasteiger charge is -2.25. The number of hydrogen-bond acceptors (Lipinski definition) is 4. The van der Waals surface area contributed by atoms with Crippen molar-refractivity contribution in [1.29, 1.82) is 5.26 Å². The van der Waals surface area contributed by atoms with Gasteiger partial charge < -0.3 is 5.32 Å². The van der Waals surface area contributed by atoms with Crippen LogP contribution in [0.2, 0.25) is 0 Å². The van der Waals surface area contributed by atoms with Gasteiger partial charge in [-0.1, -0.05) is 0 Å².